The Labute approximate surface area is 93.2 Å². The number of hydrogen-bond donors (Lipinski definition) is 1. The highest BCUT2D eigenvalue weighted by Crippen LogP contribution is 2.28. The quantitative estimate of drug-likeness (QED) is 0.681. The molecule has 1 aliphatic rings. The van der Waals surface area contributed by atoms with Gasteiger partial charge in [-0.3, -0.25) is 0 Å². The van der Waals surface area contributed by atoms with E-state index >= 15 is 0 Å². The van der Waals surface area contributed by atoms with Gasteiger partial charge in [-0.25, -0.2) is 0 Å². The summed E-state index contributed by atoms with van der Waals surface area (Å²) in [7, 11) is 1.54. The summed E-state index contributed by atoms with van der Waals surface area (Å²) in [4.78, 5) is 1.42. The molecule has 96 valence electrons. The molecule has 1 saturated carbocycles. The predicted octanol–water partition coefficient (Wildman–Crippen LogP) is 1.27. The van der Waals surface area contributed by atoms with Crippen LogP contribution in [0.1, 0.15) is 12.8 Å². The summed E-state index contributed by atoms with van der Waals surface area (Å²) in [5.74, 6) is 0.658. The smallest absolute Gasteiger partial charge is 0.382 e. The van der Waals surface area contributed by atoms with Gasteiger partial charge in [0.25, 0.3) is 0 Å². The highest BCUT2D eigenvalue weighted by molar-refractivity contribution is 4.72. The molecule has 1 unspecified atom stereocenters. The molecule has 0 aromatic carbocycles. The lowest BCUT2D eigenvalue weighted by molar-refractivity contribution is -0.207. The van der Waals surface area contributed by atoms with E-state index in [0.717, 1.165) is 0 Å². The Morgan fingerprint density at radius 2 is 2.06 bits per heavy atom. The van der Waals surface area contributed by atoms with Gasteiger partial charge in [-0.15, -0.1) is 0 Å². The fourth-order valence-electron chi connectivity index (χ4n) is 1.24. The lowest BCUT2D eigenvalue weighted by atomic mass is 10.3. The van der Waals surface area contributed by atoms with Crippen LogP contribution in [0.25, 0.3) is 0 Å². The topological polar surface area (TPSA) is 32.7 Å². The SMILES string of the molecule is CN(CCOCC1CC1)CC(O)C(F)(F)F. The van der Waals surface area contributed by atoms with E-state index in [9.17, 15) is 13.2 Å². The van der Waals surface area contributed by atoms with Crippen LogP contribution in [0.2, 0.25) is 0 Å². The molecule has 16 heavy (non-hydrogen) atoms. The van der Waals surface area contributed by atoms with Crippen molar-refractivity contribution in [3.63, 3.8) is 0 Å². The summed E-state index contributed by atoms with van der Waals surface area (Å²) >= 11 is 0. The van der Waals surface area contributed by atoms with E-state index in [1.54, 1.807) is 0 Å². The number of aliphatic hydroxyl groups excluding tert-OH is 1. The molecule has 0 aliphatic heterocycles. The maximum absolute atomic E-state index is 12.0. The largest absolute Gasteiger partial charge is 0.415 e. The third kappa shape index (κ3) is 5.67. The number of ether oxygens (including phenoxy) is 1. The second-order valence-electron chi connectivity index (χ2n) is 4.34. The zero-order chi connectivity index (χ0) is 12.2. The number of likely N-dealkylation sites (N-methyl/N-ethyl adjacent to an activating group) is 1. The van der Waals surface area contributed by atoms with Crippen LogP contribution >= 0.6 is 0 Å². The summed E-state index contributed by atoms with van der Waals surface area (Å²) in [5, 5.41) is 8.80. The first-order valence-corrected chi connectivity index (χ1v) is 5.40. The third-order valence-corrected chi connectivity index (χ3v) is 2.53. The van der Waals surface area contributed by atoms with E-state index in [1.807, 2.05) is 0 Å². The molecule has 1 atom stereocenters. The van der Waals surface area contributed by atoms with Crippen molar-refractivity contribution in [1.29, 1.82) is 0 Å². The summed E-state index contributed by atoms with van der Waals surface area (Å²) in [6, 6.07) is 0. The molecule has 6 heteroatoms. The Morgan fingerprint density at radius 3 is 2.56 bits per heavy atom. The normalized spacial score (nSPS) is 19.1. The molecule has 1 fully saturated rings. The van der Waals surface area contributed by atoms with Crippen LogP contribution in [0.15, 0.2) is 0 Å². The minimum atomic E-state index is -4.54. The van der Waals surface area contributed by atoms with Crippen molar-refractivity contribution in [2.45, 2.75) is 25.1 Å². The van der Waals surface area contributed by atoms with Crippen molar-refractivity contribution in [2.24, 2.45) is 5.92 Å². The lowest BCUT2D eigenvalue weighted by Crippen LogP contribution is -2.40. The molecule has 0 heterocycles. The van der Waals surface area contributed by atoms with Gasteiger partial charge in [0.05, 0.1) is 6.61 Å². The number of aliphatic hydroxyl groups is 1. The van der Waals surface area contributed by atoms with Crippen LogP contribution < -0.4 is 0 Å². The van der Waals surface area contributed by atoms with Gasteiger partial charge in [-0.1, -0.05) is 0 Å². The van der Waals surface area contributed by atoms with Gasteiger partial charge in [0.2, 0.25) is 0 Å². The average molecular weight is 241 g/mol. The zero-order valence-corrected chi connectivity index (χ0v) is 9.33. The monoisotopic (exact) mass is 241 g/mol. The molecular weight excluding hydrogens is 223 g/mol. The second-order valence-corrected chi connectivity index (χ2v) is 4.34. The number of rotatable bonds is 7. The molecule has 1 aliphatic carbocycles. The van der Waals surface area contributed by atoms with Gasteiger partial charge >= 0.3 is 6.18 Å². The van der Waals surface area contributed by atoms with E-state index in [2.05, 4.69) is 0 Å². The van der Waals surface area contributed by atoms with Crippen LogP contribution in [-0.2, 0) is 4.74 Å². The molecule has 0 aromatic rings. The number of alkyl halides is 3. The second kappa shape index (κ2) is 5.84. The Kier molecular flexibility index (Phi) is 5.01. The summed E-state index contributed by atoms with van der Waals surface area (Å²) in [6.45, 7) is 1.11. The van der Waals surface area contributed by atoms with Gasteiger partial charge in [-0.05, 0) is 25.8 Å². The molecule has 0 aromatic heterocycles. The highest BCUT2D eigenvalue weighted by atomic mass is 19.4. The van der Waals surface area contributed by atoms with Crippen LogP contribution in [0.3, 0.4) is 0 Å². The summed E-state index contributed by atoms with van der Waals surface area (Å²) in [5.41, 5.74) is 0. The fourth-order valence-corrected chi connectivity index (χ4v) is 1.24. The van der Waals surface area contributed by atoms with Gasteiger partial charge in [0.1, 0.15) is 0 Å². The average Bonchev–Trinajstić information content (AvgIpc) is 2.94. The van der Waals surface area contributed by atoms with Gasteiger partial charge in [-0.2, -0.15) is 13.2 Å². The molecule has 0 amide bonds. The van der Waals surface area contributed by atoms with Crippen LogP contribution in [-0.4, -0.2) is 55.6 Å². The van der Waals surface area contributed by atoms with Crippen molar-refractivity contribution in [1.82, 2.24) is 4.90 Å². The molecule has 0 bridgehead atoms. The zero-order valence-electron chi connectivity index (χ0n) is 9.33. The van der Waals surface area contributed by atoms with Crippen LogP contribution in [0, 0.1) is 5.92 Å². The third-order valence-electron chi connectivity index (χ3n) is 2.53. The number of nitrogens with zero attached hydrogens (tertiary/aromatic N) is 1. The van der Waals surface area contributed by atoms with Gasteiger partial charge in [0, 0.05) is 19.7 Å². The maximum Gasteiger partial charge on any atom is 0.415 e. The standard InChI is InChI=1S/C10H18F3NO2/c1-14(6-9(15)10(11,12)13)4-5-16-7-8-2-3-8/h8-9,15H,2-7H2,1H3. The lowest BCUT2D eigenvalue weighted by Gasteiger charge is -2.22. The number of hydrogen-bond acceptors (Lipinski definition) is 3. The minimum Gasteiger partial charge on any atom is -0.382 e. The molecule has 0 spiro atoms. The molecule has 1 N–H and O–H groups in total. The molecule has 1 rings (SSSR count). The van der Waals surface area contributed by atoms with Crippen molar-refractivity contribution < 1.29 is 23.0 Å². The minimum absolute atomic E-state index is 0.403. The van der Waals surface area contributed by atoms with Crippen LogP contribution in [0.4, 0.5) is 13.2 Å². The fraction of sp³-hybridized carbons (Fsp3) is 1.00. The van der Waals surface area contributed by atoms with Gasteiger partial charge < -0.3 is 14.7 Å². The van der Waals surface area contributed by atoms with E-state index in [-0.39, 0.29) is 0 Å². The first-order valence-electron chi connectivity index (χ1n) is 5.40. The number of halogens is 3. The molecule has 0 radical (unpaired) electrons. The van der Waals surface area contributed by atoms with E-state index in [0.29, 0.717) is 25.7 Å². The van der Waals surface area contributed by atoms with Crippen molar-refractivity contribution in [3.8, 4) is 0 Å². The summed E-state index contributed by atoms with van der Waals surface area (Å²) in [6.07, 6.45) is -4.42. The van der Waals surface area contributed by atoms with Crippen molar-refractivity contribution in [3.05, 3.63) is 0 Å². The van der Waals surface area contributed by atoms with Crippen molar-refractivity contribution >= 4 is 0 Å². The van der Waals surface area contributed by atoms with E-state index in [1.165, 1.54) is 24.8 Å². The highest BCUT2D eigenvalue weighted by Gasteiger charge is 2.38. The molecule has 0 saturated heterocycles. The first kappa shape index (κ1) is 13.7. The Balaban J connectivity index is 2.02. The van der Waals surface area contributed by atoms with E-state index < -0.39 is 18.8 Å². The van der Waals surface area contributed by atoms with Crippen LogP contribution in [0.5, 0.6) is 0 Å². The maximum atomic E-state index is 12.0. The first-order chi connectivity index (χ1) is 7.39. The van der Waals surface area contributed by atoms with E-state index in [4.69, 9.17) is 9.84 Å². The Bertz CT molecular complexity index is 207. The van der Waals surface area contributed by atoms with Gasteiger partial charge in [0.15, 0.2) is 6.10 Å². The molecular formula is C10H18F3NO2. The van der Waals surface area contributed by atoms with Crippen molar-refractivity contribution in [2.75, 3.05) is 33.4 Å². The predicted molar refractivity (Wildman–Crippen MR) is 53.1 cm³/mol. The Hall–Kier alpha value is -0.330. The summed E-state index contributed by atoms with van der Waals surface area (Å²) < 4.78 is 41.3. The molecule has 3 nitrogen and oxygen atoms in total. The Morgan fingerprint density at radius 1 is 1.44 bits per heavy atom.